The molecule has 0 unspecified atom stereocenters. The van der Waals surface area contributed by atoms with Crippen molar-refractivity contribution in [1.29, 1.82) is 0 Å². The molecule has 5 heteroatoms. The largest absolute Gasteiger partial charge is 0.497 e. The quantitative estimate of drug-likeness (QED) is 0.201. The van der Waals surface area contributed by atoms with Crippen molar-refractivity contribution in [1.82, 2.24) is 10.2 Å². The number of nitrogens with one attached hydrogen (secondary N) is 1. The fourth-order valence-electron chi connectivity index (χ4n) is 5.05. The maximum atomic E-state index is 14.5. The lowest BCUT2D eigenvalue weighted by molar-refractivity contribution is -0.141. The van der Waals surface area contributed by atoms with Crippen LogP contribution in [0.1, 0.15) is 54.9 Å². The molecule has 4 aromatic rings. The molecule has 0 radical (unpaired) electrons. The van der Waals surface area contributed by atoms with E-state index in [1.165, 1.54) is 0 Å². The second kappa shape index (κ2) is 14.8. The first kappa shape index (κ1) is 29.6. The average Bonchev–Trinajstić information content (AvgIpc) is 3.02. The highest BCUT2D eigenvalue weighted by Crippen LogP contribution is 2.30. The number of hydrogen-bond donors (Lipinski definition) is 1. The lowest BCUT2D eigenvalue weighted by atomic mass is 9.87. The Balaban J connectivity index is 1.75. The van der Waals surface area contributed by atoms with Crippen LogP contribution in [-0.4, -0.2) is 35.9 Å². The van der Waals surface area contributed by atoms with Crippen molar-refractivity contribution in [3.8, 4) is 5.75 Å². The van der Waals surface area contributed by atoms with Crippen molar-refractivity contribution in [2.75, 3.05) is 7.11 Å². The molecule has 4 aromatic carbocycles. The van der Waals surface area contributed by atoms with Crippen LogP contribution >= 0.6 is 0 Å². The van der Waals surface area contributed by atoms with Crippen LogP contribution in [0.5, 0.6) is 5.75 Å². The summed E-state index contributed by atoms with van der Waals surface area (Å²) >= 11 is 0. The summed E-state index contributed by atoms with van der Waals surface area (Å²) in [7, 11) is 1.63. The Kier molecular flexibility index (Phi) is 10.7. The highest BCUT2D eigenvalue weighted by molar-refractivity contribution is 5.88. The number of hydrogen-bond acceptors (Lipinski definition) is 3. The SMILES string of the molecule is CC[C@@H](C)NC(=O)[C@@H](Cc1ccccc1)N(Cc1cccc(OC)c1)C(=O)CC(c1ccccc1)c1ccccc1. The molecule has 1 N–H and O–H groups in total. The number of nitrogens with zero attached hydrogens (tertiary/aromatic N) is 1. The Labute approximate surface area is 244 Å². The summed E-state index contributed by atoms with van der Waals surface area (Å²) in [5, 5.41) is 3.15. The second-order valence-electron chi connectivity index (χ2n) is 10.5. The molecule has 0 aliphatic rings. The van der Waals surface area contributed by atoms with Gasteiger partial charge in [0.15, 0.2) is 0 Å². The van der Waals surface area contributed by atoms with Gasteiger partial charge in [-0.2, -0.15) is 0 Å². The maximum Gasteiger partial charge on any atom is 0.243 e. The van der Waals surface area contributed by atoms with Crippen LogP contribution in [-0.2, 0) is 22.6 Å². The molecule has 2 atom stereocenters. The zero-order chi connectivity index (χ0) is 29.0. The van der Waals surface area contributed by atoms with E-state index in [0.717, 1.165) is 28.7 Å². The van der Waals surface area contributed by atoms with E-state index in [1.807, 2.05) is 105 Å². The lowest BCUT2D eigenvalue weighted by Gasteiger charge is -2.33. The zero-order valence-corrected chi connectivity index (χ0v) is 24.2. The standard InChI is InChI=1S/C36H40N2O3/c1-4-27(2)37-36(40)34(24-28-15-8-5-9-16-28)38(26-29-17-14-22-32(23-29)41-3)35(39)25-33(30-18-10-6-11-19-30)31-20-12-7-13-21-31/h5-23,27,33-34H,4,24-26H2,1-3H3,(H,37,40)/t27-,34-/m1/s1. The van der Waals surface area contributed by atoms with Crippen LogP contribution in [0.2, 0.25) is 0 Å². The number of carbonyl (C=O) groups is 2. The fraction of sp³-hybridized carbons (Fsp3) is 0.278. The van der Waals surface area contributed by atoms with Gasteiger partial charge in [0.25, 0.3) is 0 Å². The molecule has 212 valence electrons. The molecular formula is C36H40N2O3. The molecule has 5 nitrogen and oxygen atoms in total. The lowest BCUT2D eigenvalue weighted by Crippen LogP contribution is -2.52. The number of methoxy groups -OCH3 is 1. The molecule has 0 aromatic heterocycles. The highest BCUT2D eigenvalue weighted by atomic mass is 16.5. The molecule has 0 spiro atoms. The van der Waals surface area contributed by atoms with Gasteiger partial charge in [-0.15, -0.1) is 0 Å². The van der Waals surface area contributed by atoms with Crippen LogP contribution in [0.25, 0.3) is 0 Å². The number of rotatable bonds is 13. The van der Waals surface area contributed by atoms with Gasteiger partial charge in [0.05, 0.1) is 7.11 Å². The van der Waals surface area contributed by atoms with E-state index in [0.29, 0.717) is 12.2 Å². The minimum Gasteiger partial charge on any atom is -0.497 e. The van der Waals surface area contributed by atoms with Crippen molar-refractivity contribution < 1.29 is 14.3 Å². The monoisotopic (exact) mass is 548 g/mol. The van der Waals surface area contributed by atoms with E-state index in [9.17, 15) is 9.59 Å². The van der Waals surface area contributed by atoms with Gasteiger partial charge in [-0.3, -0.25) is 9.59 Å². The van der Waals surface area contributed by atoms with Gasteiger partial charge >= 0.3 is 0 Å². The molecule has 0 saturated heterocycles. The maximum absolute atomic E-state index is 14.5. The first-order valence-electron chi connectivity index (χ1n) is 14.3. The van der Waals surface area contributed by atoms with Crippen LogP contribution in [0.4, 0.5) is 0 Å². The second-order valence-corrected chi connectivity index (χ2v) is 10.5. The van der Waals surface area contributed by atoms with E-state index in [-0.39, 0.29) is 36.7 Å². The number of amides is 2. The summed E-state index contributed by atoms with van der Waals surface area (Å²) in [5.41, 5.74) is 4.04. The molecule has 0 heterocycles. The Bertz CT molecular complexity index is 1340. The van der Waals surface area contributed by atoms with Gasteiger partial charge in [0.1, 0.15) is 11.8 Å². The van der Waals surface area contributed by atoms with Gasteiger partial charge in [0.2, 0.25) is 11.8 Å². The van der Waals surface area contributed by atoms with E-state index in [1.54, 1.807) is 12.0 Å². The fourth-order valence-corrected chi connectivity index (χ4v) is 5.05. The molecule has 4 rings (SSSR count). The topological polar surface area (TPSA) is 58.6 Å². The predicted molar refractivity (Wildman–Crippen MR) is 165 cm³/mol. The third-order valence-electron chi connectivity index (χ3n) is 7.54. The van der Waals surface area contributed by atoms with Crippen molar-refractivity contribution in [3.05, 3.63) is 138 Å². The molecular weight excluding hydrogens is 508 g/mol. The summed E-state index contributed by atoms with van der Waals surface area (Å²) < 4.78 is 5.47. The Hall–Kier alpha value is -4.38. The van der Waals surface area contributed by atoms with E-state index in [2.05, 4.69) is 29.6 Å². The normalized spacial score (nSPS) is 12.4. The van der Waals surface area contributed by atoms with Crippen LogP contribution < -0.4 is 10.1 Å². The van der Waals surface area contributed by atoms with Gasteiger partial charge in [-0.05, 0) is 47.7 Å². The van der Waals surface area contributed by atoms with Crippen molar-refractivity contribution in [2.45, 2.75) is 57.7 Å². The van der Waals surface area contributed by atoms with Crippen LogP contribution in [0.3, 0.4) is 0 Å². The molecule has 0 fully saturated rings. The van der Waals surface area contributed by atoms with Crippen molar-refractivity contribution in [3.63, 3.8) is 0 Å². The molecule has 41 heavy (non-hydrogen) atoms. The zero-order valence-electron chi connectivity index (χ0n) is 24.2. The number of ether oxygens (including phenoxy) is 1. The molecule has 0 saturated carbocycles. The number of carbonyl (C=O) groups excluding carboxylic acids is 2. The Morgan fingerprint density at radius 2 is 1.34 bits per heavy atom. The van der Waals surface area contributed by atoms with Crippen molar-refractivity contribution in [2.24, 2.45) is 0 Å². The van der Waals surface area contributed by atoms with Gasteiger partial charge in [-0.1, -0.05) is 110 Å². The first-order chi connectivity index (χ1) is 20.0. The van der Waals surface area contributed by atoms with Crippen LogP contribution in [0.15, 0.2) is 115 Å². The van der Waals surface area contributed by atoms with E-state index >= 15 is 0 Å². The molecule has 0 bridgehead atoms. The molecule has 0 aliphatic heterocycles. The Morgan fingerprint density at radius 1 is 0.780 bits per heavy atom. The first-order valence-corrected chi connectivity index (χ1v) is 14.3. The third kappa shape index (κ3) is 8.31. The van der Waals surface area contributed by atoms with Gasteiger partial charge in [0, 0.05) is 31.3 Å². The van der Waals surface area contributed by atoms with Crippen molar-refractivity contribution >= 4 is 11.8 Å². The highest BCUT2D eigenvalue weighted by Gasteiger charge is 2.32. The smallest absolute Gasteiger partial charge is 0.243 e. The third-order valence-corrected chi connectivity index (χ3v) is 7.54. The van der Waals surface area contributed by atoms with E-state index < -0.39 is 6.04 Å². The summed E-state index contributed by atoms with van der Waals surface area (Å²) in [5.74, 6) is 0.346. The summed E-state index contributed by atoms with van der Waals surface area (Å²) in [4.78, 5) is 30.1. The molecule has 0 aliphatic carbocycles. The number of benzene rings is 4. The summed E-state index contributed by atoms with van der Waals surface area (Å²) in [6.07, 6.45) is 1.46. The minimum atomic E-state index is -0.683. The van der Waals surface area contributed by atoms with Gasteiger partial charge < -0.3 is 15.0 Å². The average molecular weight is 549 g/mol. The summed E-state index contributed by atoms with van der Waals surface area (Å²) in [6, 6.07) is 37.2. The van der Waals surface area contributed by atoms with Gasteiger partial charge in [-0.25, -0.2) is 0 Å². The Morgan fingerprint density at radius 3 is 1.90 bits per heavy atom. The molecule has 2 amide bonds. The predicted octanol–water partition coefficient (Wildman–Crippen LogP) is 6.77. The van der Waals surface area contributed by atoms with E-state index in [4.69, 9.17) is 4.74 Å². The summed E-state index contributed by atoms with van der Waals surface area (Å²) in [6.45, 7) is 4.32. The van der Waals surface area contributed by atoms with Crippen LogP contribution in [0, 0.1) is 0 Å². The minimum absolute atomic E-state index is 0.00377.